The molecule has 3 atom stereocenters. The smallest absolute Gasteiger partial charge is 0.109 e. The molecule has 0 amide bonds. The summed E-state index contributed by atoms with van der Waals surface area (Å²) >= 11 is 3.44. The fourth-order valence-electron chi connectivity index (χ4n) is 3.27. The normalized spacial score (nSPS) is 32.0. The Kier molecular flexibility index (Phi) is 2.66. The van der Waals surface area contributed by atoms with Gasteiger partial charge in [0.2, 0.25) is 0 Å². The van der Waals surface area contributed by atoms with Crippen molar-refractivity contribution in [3.8, 4) is 0 Å². The van der Waals surface area contributed by atoms with Crippen LogP contribution in [0.3, 0.4) is 0 Å². The Morgan fingerprint density at radius 3 is 2.88 bits per heavy atom. The summed E-state index contributed by atoms with van der Waals surface area (Å²) in [5, 5.41) is 3.66. The lowest BCUT2D eigenvalue weighted by Gasteiger charge is -2.24. The van der Waals surface area contributed by atoms with E-state index in [9.17, 15) is 0 Å². The maximum absolute atomic E-state index is 4.34. The zero-order valence-corrected chi connectivity index (χ0v) is 11.1. The molecule has 1 N–H and O–H groups in total. The number of nitrogens with zero attached hydrogens (tertiary/aromatic N) is 1. The Morgan fingerprint density at radius 2 is 2.25 bits per heavy atom. The lowest BCUT2D eigenvalue weighted by molar-refractivity contribution is 0.439. The van der Waals surface area contributed by atoms with Gasteiger partial charge in [0, 0.05) is 6.04 Å². The Balaban J connectivity index is 1.72. The van der Waals surface area contributed by atoms with Crippen LogP contribution in [-0.2, 0) is 0 Å². The highest BCUT2D eigenvalue weighted by Crippen LogP contribution is 2.45. The van der Waals surface area contributed by atoms with Crippen LogP contribution in [-0.4, -0.2) is 11.0 Å². The van der Waals surface area contributed by atoms with Gasteiger partial charge in [-0.2, -0.15) is 0 Å². The molecule has 2 nitrogen and oxygen atoms in total. The first-order valence-corrected chi connectivity index (χ1v) is 6.90. The second kappa shape index (κ2) is 4.02. The number of nitrogens with one attached hydrogen (secondary N) is 1. The van der Waals surface area contributed by atoms with Crippen LogP contribution >= 0.6 is 15.9 Å². The summed E-state index contributed by atoms with van der Waals surface area (Å²) in [5.74, 6) is 1.90. The Hall–Kier alpha value is -0.570. The number of aromatic nitrogens is 1. The topological polar surface area (TPSA) is 24.9 Å². The number of rotatable bonds is 2. The quantitative estimate of drug-likeness (QED) is 0.835. The van der Waals surface area contributed by atoms with Gasteiger partial charge in [-0.25, -0.2) is 4.98 Å². The first-order valence-electron chi connectivity index (χ1n) is 6.11. The molecular formula is C13H17BrN2. The Morgan fingerprint density at radius 1 is 1.38 bits per heavy atom. The number of aryl methyl sites for hydroxylation is 1. The lowest BCUT2D eigenvalue weighted by Crippen LogP contribution is -2.25. The van der Waals surface area contributed by atoms with Crippen LogP contribution < -0.4 is 5.32 Å². The summed E-state index contributed by atoms with van der Waals surface area (Å²) in [6.07, 6.45) is 7.62. The van der Waals surface area contributed by atoms with Crippen molar-refractivity contribution in [2.24, 2.45) is 11.8 Å². The molecule has 1 heterocycles. The van der Waals surface area contributed by atoms with Gasteiger partial charge in [-0.1, -0.05) is 6.42 Å². The Bertz CT molecular complexity index is 405. The molecule has 0 spiro atoms. The molecule has 0 aliphatic heterocycles. The molecule has 0 aromatic carbocycles. The van der Waals surface area contributed by atoms with Gasteiger partial charge >= 0.3 is 0 Å². The van der Waals surface area contributed by atoms with Gasteiger partial charge in [0.1, 0.15) is 4.60 Å². The summed E-state index contributed by atoms with van der Waals surface area (Å²) in [7, 11) is 0. The molecule has 2 aliphatic rings. The molecule has 0 radical (unpaired) electrons. The van der Waals surface area contributed by atoms with Crippen molar-refractivity contribution >= 4 is 21.6 Å². The average molecular weight is 281 g/mol. The second-order valence-corrected chi connectivity index (χ2v) is 6.01. The largest absolute Gasteiger partial charge is 0.381 e. The van der Waals surface area contributed by atoms with Crippen molar-refractivity contribution in [1.82, 2.24) is 4.98 Å². The average Bonchev–Trinajstić information content (AvgIpc) is 2.85. The van der Waals surface area contributed by atoms with Crippen LogP contribution in [0.2, 0.25) is 0 Å². The number of hydrogen-bond donors (Lipinski definition) is 1. The molecule has 86 valence electrons. The molecule has 3 unspecified atom stereocenters. The van der Waals surface area contributed by atoms with E-state index >= 15 is 0 Å². The van der Waals surface area contributed by atoms with Gasteiger partial charge in [-0.05, 0) is 65.6 Å². The second-order valence-electron chi connectivity index (χ2n) is 5.26. The lowest BCUT2D eigenvalue weighted by atomic mass is 9.95. The maximum atomic E-state index is 4.34. The summed E-state index contributed by atoms with van der Waals surface area (Å²) in [6.45, 7) is 2.09. The molecule has 1 aromatic heterocycles. The standard InChI is InChI=1S/C13H17BrN2/c1-8-4-11(7-15-13(8)14)16-12-6-9-2-3-10(12)5-9/h4,7,9-10,12,16H,2-3,5-6H2,1H3. The molecule has 2 aliphatic carbocycles. The highest BCUT2D eigenvalue weighted by molar-refractivity contribution is 9.10. The summed E-state index contributed by atoms with van der Waals surface area (Å²) in [4.78, 5) is 4.34. The van der Waals surface area contributed by atoms with Gasteiger partial charge in [0.25, 0.3) is 0 Å². The number of hydrogen-bond acceptors (Lipinski definition) is 2. The van der Waals surface area contributed by atoms with Crippen LogP contribution in [0.25, 0.3) is 0 Å². The predicted molar refractivity (Wildman–Crippen MR) is 69.5 cm³/mol. The van der Waals surface area contributed by atoms with E-state index in [4.69, 9.17) is 0 Å². The molecule has 0 saturated heterocycles. The van der Waals surface area contributed by atoms with Crippen molar-refractivity contribution in [3.05, 3.63) is 22.4 Å². The molecular weight excluding hydrogens is 264 g/mol. The molecule has 2 fully saturated rings. The van der Waals surface area contributed by atoms with Crippen LogP contribution in [0.1, 0.15) is 31.2 Å². The maximum Gasteiger partial charge on any atom is 0.109 e. The predicted octanol–water partition coefficient (Wildman–Crippen LogP) is 3.75. The Labute approximate surface area is 105 Å². The third-order valence-electron chi connectivity index (χ3n) is 4.10. The van der Waals surface area contributed by atoms with E-state index in [1.54, 1.807) is 0 Å². The number of pyridine rings is 1. The zero-order valence-electron chi connectivity index (χ0n) is 9.54. The SMILES string of the molecule is Cc1cc(NC2CC3CCC2C3)cnc1Br. The van der Waals surface area contributed by atoms with Crippen LogP contribution in [0.4, 0.5) is 5.69 Å². The van der Waals surface area contributed by atoms with E-state index < -0.39 is 0 Å². The van der Waals surface area contributed by atoms with Gasteiger partial charge in [-0.15, -0.1) is 0 Å². The highest BCUT2D eigenvalue weighted by Gasteiger charge is 2.39. The van der Waals surface area contributed by atoms with Crippen molar-refractivity contribution in [2.45, 2.75) is 38.6 Å². The van der Waals surface area contributed by atoms with E-state index in [1.165, 1.54) is 36.9 Å². The summed E-state index contributed by atoms with van der Waals surface area (Å²) in [6, 6.07) is 2.88. The van der Waals surface area contributed by atoms with Gasteiger partial charge in [0.15, 0.2) is 0 Å². The van der Waals surface area contributed by atoms with Crippen molar-refractivity contribution in [1.29, 1.82) is 0 Å². The number of anilines is 1. The molecule has 2 bridgehead atoms. The third kappa shape index (κ3) is 1.86. The van der Waals surface area contributed by atoms with Gasteiger partial charge in [0.05, 0.1) is 11.9 Å². The molecule has 16 heavy (non-hydrogen) atoms. The molecule has 3 rings (SSSR count). The van der Waals surface area contributed by atoms with Crippen molar-refractivity contribution in [3.63, 3.8) is 0 Å². The monoisotopic (exact) mass is 280 g/mol. The van der Waals surface area contributed by atoms with Gasteiger partial charge in [-0.3, -0.25) is 0 Å². The number of fused-ring (bicyclic) bond motifs is 2. The fourth-order valence-corrected chi connectivity index (χ4v) is 3.49. The first kappa shape index (κ1) is 10.6. The van der Waals surface area contributed by atoms with Crippen LogP contribution in [0.15, 0.2) is 16.9 Å². The van der Waals surface area contributed by atoms with E-state index in [-0.39, 0.29) is 0 Å². The minimum atomic E-state index is 0.695. The highest BCUT2D eigenvalue weighted by atomic mass is 79.9. The van der Waals surface area contributed by atoms with E-state index in [2.05, 4.69) is 39.2 Å². The van der Waals surface area contributed by atoms with E-state index in [0.717, 1.165) is 16.4 Å². The van der Waals surface area contributed by atoms with Crippen molar-refractivity contribution < 1.29 is 0 Å². The van der Waals surface area contributed by atoms with E-state index in [0.29, 0.717) is 6.04 Å². The number of halogens is 1. The fraction of sp³-hybridized carbons (Fsp3) is 0.615. The first-order chi connectivity index (χ1) is 7.72. The molecule has 3 heteroatoms. The summed E-state index contributed by atoms with van der Waals surface area (Å²) < 4.78 is 0.950. The molecule has 2 saturated carbocycles. The molecule has 1 aromatic rings. The van der Waals surface area contributed by atoms with E-state index in [1.807, 2.05) is 6.20 Å². The van der Waals surface area contributed by atoms with Gasteiger partial charge < -0.3 is 5.32 Å². The summed E-state index contributed by atoms with van der Waals surface area (Å²) in [5.41, 5.74) is 2.38. The third-order valence-corrected chi connectivity index (χ3v) is 4.93. The minimum Gasteiger partial charge on any atom is -0.381 e. The minimum absolute atomic E-state index is 0.695. The van der Waals surface area contributed by atoms with Crippen molar-refractivity contribution in [2.75, 3.05) is 5.32 Å². The van der Waals surface area contributed by atoms with Crippen LogP contribution in [0, 0.1) is 18.8 Å². The zero-order chi connectivity index (χ0) is 11.1. The van der Waals surface area contributed by atoms with Crippen LogP contribution in [0.5, 0.6) is 0 Å².